The SMILES string of the molecule is CCCCc1nc2ccc(Br)cc2c(=O)n1N=Cc1ccc(O[C@@H](C)C(=O)OCC)c(I)c1. The molecular formula is C24H25BrIN3O4. The summed E-state index contributed by atoms with van der Waals surface area (Å²) in [5.41, 5.74) is 1.24. The number of hydrogen-bond donors (Lipinski definition) is 0. The smallest absolute Gasteiger partial charge is 0.347 e. The molecule has 0 aliphatic rings. The van der Waals surface area contributed by atoms with Gasteiger partial charge in [-0.1, -0.05) is 29.3 Å². The second-order valence-electron chi connectivity index (χ2n) is 7.36. The molecule has 7 nitrogen and oxygen atoms in total. The zero-order valence-corrected chi connectivity index (χ0v) is 22.4. The van der Waals surface area contributed by atoms with E-state index >= 15 is 0 Å². The number of hydrogen-bond acceptors (Lipinski definition) is 6. The van der Waals surface area contributed by atoms with Gasteiger partial charge in [0.1, 0.15) is 11.6 Å². The van der Waals surface area contributed by atoms with Crippen LogP contribution in [-0.2, 0) is 16.0 Å². The van der Waals surface area contributed by atoms with Crippen molar-refractivity contribution in [3.63, 3.8) is 0 Å². The number of carbonyl (C=O) groups excluding carboxylic acids is 1. The van der Waals surface area contributed by atoms with Crippen LogP contribution in [0.15, 0.2) is 50.8 Å². The van der Waals surface area contributed by atoms with E-state index in [2.05, 4.69) is 55.5 Å². The van der Waals surface area contributed by atoms with Crippen LogP contribution < -0.4 is 10.3 Å². The van der Waals surface area contributed by atoms with E-state index in [0.717, 1.165) is 26.4 Å². The Morgan fingerprint density at radius 2 is 2.06 bits per heavy atom. The monoisotopic (exact) mass is 625 g/mol. The van der Waals surface area contributed by atoms with Gasteiger partial charge >= 0.3 is 5.97 Å². The van der Waals surface area contributed by atoms with E-state index in [0.29, 0.717) is 35.5 Å². The zero-order valence-electron chi connectivity index (χ0n) is 18.7. The highest BCUT2D eigenvalue weighted by Crippen LogP contribution is 2.23. The Hall–Kier alpha value is -2.27. The summed E-state index contributed by atoms with van der Waals surface area (Å²) in [7, 11) is 0. The van der Waals surface area contributed by atoms with Crippen molar-refractivity contribution in [2.24, 2.45) is 5.10 Å². The molecule has 3 aromatic rings. The van der Waals surface area contributed by atoms with Gasteiger partial charge in [-0.25, -0.2) is 9.78 Å². The molecule has 9 heteroatoms. The number of rotatable bonds is 9. The van der Waals surface area contributed by atoms with Crippen LogP contribution >= 0.6 is 38.5 Å². The number of ether oxygens (including phenoxy) is 2. The molecular weight excluding hydrogens is 601 g/mol. The molecule has 0 aliphatic heterocycles. The lowest BCUT2D eigenvalue weighted by Crippen LogP contribution is -2.26. The van der Waals surface area contributed by atoms with Crippen LogP contribution in [0.4, 0.5) is 0 Å². The topological polar surface area (TPSA) is 82.8 Å². The van der Waals surface area contributed by atoms with Crippen LogP contribution in [0, 0.1) is 3.57 Å². The molecule has 0 aliphatic carbocycles. The van der Waals surface area contributed by atoms with Crippen LogP contribution in [-0.4, -0.2) is 34.6 Å². The predicted molar refractivity (Wildman–Crippen MR) is 141 cm³/mol. The van der Waals surface area contributed by atoms with Crippen molar-refractivity contribution in [1.82, 2.24) is 9.66 Å². The van der Waals surface area contributed by atoms with Gasteiger partial charge in [0.15, 0.2) is 6.10 Å². The fourth-order valence-electron chi connectivity index (χ4n) is 3.13. The van der Waals surface area contributed by atoms with Gasteiger partial charge in [-0.15, -0.1) is 0 Å². The Kier molecular flexibility index (Phi) is 9.02. The number of halogens is 2. The highest BCUT2D eigenvalue weighted by molar-refractivity contribution is 14.1. The van der Waals surface area contributed by atoms with Crippen molar-refractivity contribution < 1.29 is 14.3 Å². The average Bonchev–Trinajstić information content (AvgIpc) is 2.79. The van der Waals surface area contributed by atoms with E-state index in [1.165, 1.54) is 4.68 Å². The number of benzene rings is 2. The first-order chi connectivity index (χ1) is 15.8. The van der Waals surface area contributed by atoms with Crippen molar-refractivity contribution in [2.45, 2.75) is 46.1 Å². The summed E-state index contributed by atoms with van der Waals surface area (Å²) in [6, 6.07) is 10.9. The van der Waals surface area contributed by atoms with Gasteiger partial charge < -0.3 is 9.47 Å². The summed E-state index contributed by atoms with van der Waals surface area (Å²) in [5, 5.41) is 4.98. The number of fused-ring (bicyclic) bond motifs is 1. The van der Waals surface area contributed by atoms with E-state index in [4.69, 9.17) is 9.47 Å². The largest absolute Gasteiger partial charge is 0.478 e. The summed E-state index contributed by atoms with van der Waals surface area (Å²) >= 11 is 5.56. The van der Waals surface area contributed by atoms with E-state index < -0.39 is 12.1 Å². The normalized spacial score (nSPS) is 12.3. The highest BCUT2D eigenvalue weighted by atomic mass is 127. The first-order valence-electron chi connectivity index (χ1n) is 10.7. The second kappa shape index (κ2) is 11.7. The second-order valence-corrected chi connectivity index (χ2v) is 9.43. The molecule has 0 radical (unpaired) electrons. The van der Waals surface area contributed by atoms with Crippen LogP contribution in [0.2, 0.25) is 0 Å². The molecule has 1 atom stereocenters. The van der Waals surface area contributed by atoms with Gasteiger partial charge in [0.2, 0.25) is 0 Å². The fraction of sp³-hybridized carbons (Fsp3) is 0.333. The number of carbonyl (C=O) groups is 1. The number of aryl methyl sites for hydroxylation is 1. The van der Waals surface area contributed by atoms with Gasteiger partial charge in [0, 0.05) is 10.9 Å². The molecule has 1 heterocycles. The Morgan fingerprint density at radius 1 is 1.27 bits per heavy atom. The summed E-state index contributed by atoms with van der Waals surface area (Å²) < 4.78 is 13.7. The molecule has 1 aromatic heterocycles. The van der Waals surface area contributed by atoms with Crippen molar-refractivity contribution in [3.05, 3.63) is 66.2 Å². The Morgan fingerprint density at radius 3 is 2.76 bits per heavy atom. The van der Waals surface area contributed by atoms with E-state index in [1.807, 2.05) is 24.3 Å². The van der Waals surface area contributed by atoms with E-state index in [1.54, 1.807) is 32.2 Å². The molecule has 174 valence electrons. The molecule has 0 saturated heterocycles. The lowest BCUT2D eigenvalue weighted by molar-refractivity contribution is -0.150. The molecule has 0 N–H and O–H groups in total. The average molecular weight is 626 g/mol. The van der Waals surface area contributed by atoms with Crippen LogP contribution in [0.5, 0.6) is 5.75 Å². The summed E-state index contributed by atoms with van der Waals surface area (Å²) in [4.78, 5) is 29.7. The third kappa shape index (κ3) is 6.41. The summed E-state index contributed by atoms with van der Waals surface area (Å²) in [6.45, 7) is 5.81. The van der Waals surface area contributed by atoms with Gasteiger partial charge in [0.05, 0.1) is 27.3 Å². The maximum Gasteiger partial charge on any atom is 0.347 e. The molecule has 0 bridgehead atoms. The minimum Gasteiger partial charge on any atom is -0.478 e. The van der Waals surface area contributed by atoms with Gasteiger partial charge in [-0.2, -0.15) is 9.78 Å². The number of esters is 1. The number of aromatic nitrogens is 2. The predicted octanol–water partition coefficient (Wildman–Crippen LogP) is 5.32. The highest BCUT2D eigenvalue weighted by Gasteiger charge is 2.17. The van der Waals surface area contributed by atoms with Crippen LogP contribution in [0.3, 0.4) is 0 Å². The molecule has 33 heavy (non-hydrogen) atoms. The van der Waals surface area contributed by atoms with E-state index in [-0.39, 0.29) is 5.56 Å². The summed E-state index contributed by atoms with van der Waals surface area (Å²) in [6.07, 6.45) is 3.48. The van der Waals surface area contributed by atoms with Crippen molar-refractivity contribution in [1.29, 1.82) is 0 Å². The van der Waals surface area contributed by atoms with Crippen LogP contribution in [0.25, 0.3) is 10.9 Å². The van der Waals surface area contributed by atoms with Crippen LogP contribution in [0.1, 0.15) is 45.0 Å². The minimum absolute atomic E-state index is 0.207. The molecule has 3 rings (SSSR count). The maximum atomic E-state index is 13.2. The fourth-order valence-corrected chi connectivity index (χ4v) is 4.15. The van der Waals surface area contributed by atoms with E-state index in [9.17, 15) is 9.59 Å². The lowest BCUT2D eigenvalue weighted by atomic mass is 10.2. The quantitative estimate of drug-likeness (QED) is 0.183. The number of nitrogens with zero attached hydrogens (tertiary/aromatic N) is 3. The Balaban J connectivity index is 1.91. The van der Waals surface area contributed by atoms with Crippen molar-refractivity contribution >= 4 is 61.6 Å². The third-order valence-electron chi connectivity index (χ3n) is 4.83. The molecule has 2 aromatic carbocycles. The minimum atomic E-state index is -0.708. The first kappa shape index (κ1) is 25.4. The number of unbranched alkanes of at least 4 members (excludes halogenated alkanes) is 1. The third-order valence-corrected chi connectivity index (χ3v) is 6.17. The molecule has 0 fully saturated rings. The molecule has 0 spiro atoms. The van der Waals surface area contributed by atoms with Gasteiger partial charge in [-0.3, -0.25) is 4.79 Å². The van der Waals surface area contributed by atoms with Crippen molar-refractivity contribution in [3.8, 4) is 5.75 Å². The maximum absolute atomic E-state index is 13.2. The summed E-state index contributed by atoms with van der Waals surface area (Å²) in [5.74, 6) is 0.797. The molecule has 0 saturated carbocycles. The zero-order chi connectivity index (χ0) is 24.0. The molecule has 0 unspecified atom stereocenters. The standard InChI is InChI=1S/C24H25BrIN3O4/c1-4-6-7-22-28-20-10-9-17(25)13-18(20)23(30)29(22)27-14-16-8-11-21(19(26)12-16)33-15(3)24(31)32-5-2/h8-15H,4-7H2,1-3H3/t15-/m0/s1. The Bertz CT molecular complexity index is 1240. The van der Waals surface area contributed by atoms with Gasteiger partial charge in [-0.05, 0) is 84.8 Å². The van der Waals surface area contributed by atoms with Gasteiger partial charge in [0.25, 0.3) is 5.56 Å². The first-order valence-corrected chi connectivity index (χ1v) is 12.6. The lowest BCUT2D eigenvalue weighted by Gasteiger charge is -2.14. The van der Waals surface area contributed by atoms with Crippen molar-refractivity contribution in [2.75, 3.05) is 6.61 Å². The molecule has 0 amide bonds. The Labute approximate surface area is 214 Å².